The first-order valence-corrected chi connectivity index (χ1v) is 8.24. The molecule has 0 spiro atoms. The van der Waals surface area contributed by atoms with E-state index in [0.29, 0.717) is 16.5 Å². The Morgan fingerprint density at radius 3 is 2.33 bits per heavy atom. The van der Waals surface area contributed by atoms with Crippen LogP contribution in [-0.2, 0) is 14.3 Å². The first kappa shape index (κ1) is 18.3. The van der Waals surface area contributed by atoms with E-state index >= 15 is 0 Å². The summed E-state index contributed by atoms with van der Waals surface area (Å²) >= 11 is 0. The largest absolute Gasteiger partial charge is 0.463 e. The summed E-state index contributed by atoms with van der Waals surface area (Å²) in [6, 6.07) is 11.9. The molecule has 1 aromatic heterocycles. The van der Waals surface area contributed by atoms with Crippen LogP contribution in [0.4, 0.5) is 4.39 Å². The van der Waals surface area contributed by atoms with Crippen LogP contribution in [0.2, 0.25) is 0 Å². The fourth-order valence-corrected chi connectivity index (χ4v) is 2.65. The number of hydrogen-bond acceptors (Lipinski definition) is 5. The molecule has 0 fully saturated rings. The van der Waals surface area contributed by atoms with Crippen molar-refractivity contribution in [2.75, 3.05) is 13.2 Å². The molecule has 0 saturated heterocycles. The summed E-state index contributed by atoms with van der Waals surface area (Å²) in [5.41, 5.74) is 0.143. The van der Waals surface area contributed by atoms with Gasteiger partial charge in [-0.1, -0.05) is 18.2 Å². The van der Waals surface area contributed by atoms with Crippen LogP contribution in [0.1, 0.15) is 17.3 Å². The lowest BCUT2D eigenvalue weighted by Crippen LogP contribution is -2.22. The first-order chi connectivity index (χ1) is 13.0. The van der Waals surface area contributed by atoms with Gasteiger partial charge in [0, 0.05) is 22.7 Å². The molecule has 0 N–H and O–H groups in total. The Morgan fingerprint density at radius 1 is 1.00 bits per heavy atom. The molecular weight excluding hydrogens is 353 g/mol. The maximum atomic E-state index is 13.2. The predicted molar refractivity (Wildman–Crippen MR) is 96.4 cm³/mol. The second-order valence-corrected chi connectivity index (χ2v) is 5.62. The summed E-state index contributed by atoms with van der Waals surface area (Å²) in [5.74, 6) is -1.88. The quantitative estimate of drug-likeness (QED) is 0.647. The predicted octanol–water partition coefficient (Wildman–Crippen LogP) is 2.85. The van der Waals surface area contributed by atoms with Crippen molar-refractivity contribution in [3.8, 4) is 5.69 Å². The van der Waals surface area contributed by atoms with Gasteiger partial charge in [0.05, 0.1) is 12.2 Å². The van der Waals surface area contributed by atoms with E-state index in [1.165, 1.54) is 35.0 Å². The van der Waals surface area contributed by atoms with Crippen LogP contribution in [0.25, 0.3) is 16.5 Å². The summed E-state index contributed by atoms with van der Waals surface area (Å²) in [4.78, 5) is 36.7. The van der Waals surface area contributed by atoms with Gasteiger partial charge in [-0.05, 0) is 37.3 Å². The van der Waals surface area contributed by atoms with Crippen molar-refractivity contribution in [3.63, 3.8) is 0 Å². The van der Waals surface area contributed by atoms with E-state index in [-0.39, 0.29) is 17.7 Å². The number of esters is 2. The summed E-state index contributed by atoms with van der Waals surface area (Å²) in [5, 5.41) is 0.696. The Bertz CT molecular complexity index is 1060. The van der Waals surface area contributed by atoms with E-state index < -0.39 is 24.4 Å². The van der Waals surface area contributed by atoms with Crippen molar-refractivity contribution >= 4 is 22.7 Å². The molecule has 2 aromatic carbocycles. The smallest absolute Gasteiger partial charge is 0.344 e. The number of ether oxygens (including phenoxy) is 2. The Labute approximate surface area is 153 Å². The van der Waals surface area contributed by atoms with E-state index in [1.807, 2.05) is 0 Å². The summed E-state index contributed by atoms with van der Waals surface area (Å²) in [6.07, 6.45) is 1.32. The number of hydrogen-bond donors (Lipinski definition) is 0. The van der Waals surface area contributed by atoms with E-state index in [2.05, 4.69) is 0 Å². The average molecular weight is 369 g/mol. The van der Waals surface area contributed by atoms with Crippen molar-refractivity contribution in [2.45, 2.75) is 6.92 Å². The van der Waals surface area contributed by atoms with Crippen LogP contribution in [0.5, 0.6) is 0 Å². The molecule has 6 nitrogen and oxygen atoms in total. The average Bonchev–Trinajstić information content (AvgIpc) is 2.68. The van der Waals surface area contributed by atoms with Gasteiger partial charge in [-0.25, -0.2) is 14.0 Å². The van der Waals surface area contributed by atoms with Gasteiger partial charge in [0.1, 0.15) is 5.82 Å². The van der Waals surface area contributed by atoms with Crippen molar-refractivity contribution in [2.24, 2.45) is 0 Å². The third-order valence-electron chi connectivity index (χ3n) is 3.88. The number of carbonyl (C=O) groups excluding carboxylic acids is 2. The molecule has 3 rings (SSSR count). The molecule has 0 amide bonds. The molecule has 0 saturated carbocycles. The lowest BCUT2D eigenvalue weighted by atomic mass is 10.1. The van der Waals surface area contributed by atoms with Gasteiger partial charge >= 0.3 is 11.9 Å². The maximum Gasteiger partial charge on any atom is 0.344 e. The Hall–Kier alpha value is -3.48. The zero-order chi connectivity index (χ0) is 19.4. The van der Waals surface area contributed by atoms with E-state index in [1.54, 1.807) is 31.2 Å². The fourth-order valence-electron chi connectivity index (χ4n) is 2.65. The number of fused-ring (bicyclic) bond motifs is 1. The summed E-state index contributed by atoms with van der Waals surface area (Å²) < 4.78 is 24.2. The van der Waals surface area contributed by atoms with Crippen LogP contribution in [0, 0.1) is 5.82 Å². The fraction of sp³-hybridized carbons (Fsp3) is 0.150. The standard InChI is InChI=1S/C20H16FNO5/c1-2-26-18(23)12-27-20(25)17-11-22(14-9-7-13(21)8-10-14)19(24)16-6-4-3-5-15(16)17/h3-11H,2,12H2,1H3. The van der Waals surface area contributed by atoms with Crippen molar-refractivity contribution in [1.29, 1.82) is 0 Å². The number of aromatic nitrogens is 1. The molecule has 1 heterocycles. The highest BCUT2D eigenvalue weighted by Gasteiger charge is 2.18. The third-order valence-corrected chi connectivity index (χ3v) is 3.88. The minimum atomic E-state index is -0.768. The second kappa shape index (κ2) is 7.82. The third kappa shape index (κ3) is 3.87. The molecule has 0 unspecified atom stereocenters. The van der Waals surface area contributed by atoms with Gasteiger partial charge in [0.25, 0.3) is 5.56 Å². The Kier molecular flexibility index (Phi) is 5.30. The minimum absolute atomic E-state index is 0.110. The highest BCUT2D eigenvalue weighted by molar-refractivity contribution is 6.04. The van der Waals surface area contributed by atoms with Gasteiger partial charge < -0.3 is 9.47 Å². The molecule has 0 aliphatic heterocycles. The lowest BCUT2D eigenvalue weighted by molar-refractivity contribution is -0.146. The lowest BCUT2D eigenvalue weighted by Gasteiger charge is -2.12. The zero-order valence-corrected chi connectivity index (χ0v) is 14.5. The van der Waals surface area contributed by atoms with Gasteiger partial charge in [-0.2, -0.15) is 0 Å². The van der Waals surface area contributed by atoms with Crippen molar-refractivity contribution in [3.05, 3.63) is 76.5 Å². The highest BCUT2D eigenvalue weighted by atomic mass is 19.1. The summed E-state index contributed by atoms with van der Waals surface area (Å²) in [7, 11) is 0. The van der Waals surface area contributed by atoms with Gasteiger partial charge in [0.15, 0.2) is 6.61 Å². The molecular formula is C20H16FNO5. The van der Waals surface area contributed by atoms with Gasteiger partial charge in [0.2, 0.25) is 0 Å². The molecule has 0 bridgehead atoms. The monoisotopic (exact) mass is 369 g/mol. The number of benzene rings is 2. The van der Waals surface area contributed by atoms with E-state index in [0.717, 1.165) is 0 Å². The highest BCUT2D eigenvalue weighted by Crippen LogP contribution is 2.19. The van der Waals surface area contributed by atoms with Gasteiger partial charge in [-0.3, -0.25) is 9.36 Å². The molecule has 0 atom stereocenters. The van der Waals surface area contributed by atoms with Crippen LogP contribution in [0.3, 0.4) is 0 Å². The molecule has 0 aliphatic rings. The zero-order valence-electron chi connectivity index (χ0n) is 14.5. The molecule has 3 aromatic rings. The van der Waals surface area contributed by atoms with E-state index in [4.69, 9.17) is 9.47 Å². The number of halogens is 1. The number of pyridine rings is 1. The first-order valence-electron chi connectivity index (χ1n) is 8.24. The van der Waals surface area contributed by atoms with Crippen LogP contribution in [0.15, 0.2) is 59.5 Å². The molecule has 27 heavy (non-hydrogen) atoms. The van der Waals surface area contributed by atoms with Crippen LogP contribution < -0.4 is 5.56 Å². The van der Waals surface area contributed by atoms with Crippen LogP contribution >= 0.6 is 0 Å². The Morgan fingerprint density at radius 2 is 1.67 bits per heavy atom. The molecule has 7 heteroatoms. The second-order valence-electron chi connectivity index (χ2n) is 5.62. The SMILES string of the molecule is CCOC(=O)COC(=O)c1cn(-c2ccc(F)cc2)c(=O)c2ccccc12. The molecule has 138 valence electrons. The maximum absolute atomic E-state index is 13.2. The number of rotatable bonds is 5. The van der Waals surface area contributed by atoms with Crippen molar-refractivity contribution < 1.29 is 23.5 Å². The normalized spacial score (nSPS) is 10.6. The molecule has 0 aliphatic carbocycles. The van der Waals surface area contributed by atoms with Crippen molar-refractivity contribution in [1.82, 2.24) is 4.57 Å². The Balaban J connectivity index is 2.07. The summed E-state index contributed by atoms with van der Waals surface area (Å²) in [6.45, 7) is 1.29. The van der Waals surface area contributed by atoms with E-state index in [9.17, 15) is 18.8 Å². The topological polar surface area (TPSA) is 74.6 Å². The molecule has 0 radical (unpaired) electrons. The minimum Gasteiger partial charge on any atom is -0.463 e. The van der Waals surface area contributed by atoms with Gasteiger partial charge in [-0.15, -0.1) is 0 Å². The number of nitrogens with zero attached hydrogens (tertiary/aromatic N) is 1. The number of carbonyl (C=O) groups is 2. The van der Waals surface area contributed by atoms with Crippen LogP contribution in [-0.4, -0.2) is 29.7 Å².